The zero-order valence-electron chi connectivity index (χ0n) is 15.8. The molecule has 4 rings (SSSR count). The van der Waals surface area contributed by atoms with Crippen LogP contribution in [-0.4, -0.2) is 65.4 Å². The maximum Gasteiger partial charge on any atom is 0.233 e. The molecule has 0 saturated carbocycles. The molecule has 148 valence electrons. The molecule has 1 aliphatic carbocycles. The van der Waals surface area contributed by atoms with Crippen LogP contribution in [0.5, 0.6) is 5.75 Å². The predicted molar refractivity (Wildman–Crippen MR) is 104 cm³/mol. The third kappa shape index (κ3) is 3.48. The number of fused-ring (bicyclic) bond motifs is 1. The molecule has 1 aromatic rings. The molecule has 0 radical (unpaired) electrons. The molecule has 1 aromatic carbocycles. The van der Waals surface area contributed by atoms with Gasteiger partial charge in [-0.3, -0.25) is 19.3 Å². The van der Waals surface area contributed by atoms with E-state index in [-0.39, 0.29) is 48.3 Å². The van der Waals surface area contributed by atoms with Crippen molar-refractivity contribution in [3.05, 3.63) is 36.4 Å². The number of rotatable bonds is 4. The summed E-state index contributed by atoms with van der Waals surface area (Å²) in [6, 6.07) is 7.05. The van der Waals surface area contributed by atoms with Crippen molar-refractivity contribution >= 4 is 23.4 Å². The van der Waals surface area contributed by atoms with Gasteiger partial charge in [0.15, 0.2) is 0 Å². The standard InChI is InChI=1S/C21H25N3O4/c25-16-7-5-15(6-8-16)22-11-13-23(14-12-22)19(26)9-10-24-20(27)17-3-1-2-4-18(17)21(24)28/h1-2,5-8,17-18,25H,3-4,9-14H2/t17-,18-/m1/s1. The van der Waals surface area contributed by atoms with E-state index < -0.39 is 0 Å². The third-order valence-corrected chi connectivity index (χ3v) is 6.00. The van der Waals surface area contributed by atoms with Crippen molar-refractivity contribution in [2.45, 2.75) is 19.3 Å². The van der Waals surface area contributed by atoms with Crippen LogP contribution in [0.2, 0.25) is 0 Å². The summed E-state index contributed by atoms with van der Waals surface area (Å²) in [5.74, 6) is -0.491. The first-order valence-corrected chi connectivity index (χ1v) is 9.86. The van der Waals surface area contributed by atoms with Gasteiger partial charge in [-0.25, -0.2) is 0 Å². The quantitative estimate of drug-likeness (QED) is 0.628. The SMILES string of the molecule is O=C(CCN1C(=O)[C@@H]2CC=CC[C@H]2C1=O)N1CCN(c2ccc(O)cc2)CC1. The number of hydrogen-bond donors (Lipinski definition) is 1. The maximum absolute atomic E-state index is 12.6. The summed E-state index contributed by atoms with van der Waals surface area (Å²) < 4.78 is 0. The Kier molecular flexibility index (Phi) is 5.07. The van der Waals surface area contributed by atoms with Gasteiger partial charge in [-0.15, -0.1) is 0 Å². The molecule has 2 saturated heterocycles. The number of benzene rings is 1. The summed E-state index contributed by atoms with van der Waals surface area (Å²) >= 11 is 0. The van der Waals surface area contributed by atoms with Crippen molar-refractivity contribution < 1.29 is 19.5 Å². The van der Waals surface area contributed by atoms with E-state index in [1.165, 1.54) is 4.90 Å². The number of likely N-dealkylation sites (tertiary alicyclic amines) is 1. The molecular weight excluding hydrogens is 358 g/mol. The van der Waals surface area contributed by atoms with Gasteiger partial charge in [-0.1, -0.05) is 12.2 Å². The normalized spacial score (nSPS) is 24.6. The minimum atomic E-state index is -0.235. The highest BCUT2D eigenvalue weighted by Gasteiger charge is 2.47. The van der Waals surface area contributed by atoms with E-state index in [1.54, 1.807) is 17.0 Å². The van der Waals surface area contributed by atoms with Gasteiger partial charge in [-0.2, -0.15) is 0 Å². The Morgan fingerprint density at radius 3 is 2.07 bits per heavy atom. The van der Waals surface area contributed by atoms with Crippen LogP contribution in [0.4, 0.5) is 5.69 Å². The second-order valence-electron chi connectivity index (χ2n) is 7.62. The number of carbonyl (C=O) groups is 3. The van der Waals surface area contributed by atoms with Crippen LogP contribution in [0.15, 0.2) is 36.4 Å². The van der Waals surface area contributed by atoms with E-state index in [1.807, 2.05) is 24.3 Å². The number of anilines is 1. The van der Waals surface area contributed by atoms with Crippen LogP contribution in [0.1, 0.15) is 19.3 Å². The lowest BCUT2D eigenvalue weighted by atomic mass is 9.85. The molecule has 28 heavy (non-hydrogen) atoms. The van der Waals surface area contributed by atoms with Gasteiger partial charge in [0.05, 0.1) is 11.8 Å². The fraction of sp³-hybridized carbons (Fsp3) is 0.476. The Hall–Kier alpha value is -2.83. The summed E-state index contributed by atoms with van der Waals surface area (Å²) in [7, 11) is 0. The fourth-order valence-electron chi connectivity index (χ4n) is 4.33. The van der Waals surface area contributed by atoms with Gasteiger partial charge in [-0.05, 0) is 37.1 Å². The molecule has 0 aromatic heterocycles. The molecule has 2 heterocycles. The lowest BCUT2D eigenvalue weighted by Gasteiger charge is -2.36. The number of amides is 3. The molecule has 0 bridgehead atoms. The molecule has 0 unspecified atom stereocenters. The monoisotopic (exact) mass is 383 g/mol. The highest BCUT2D eigenvalue weighted by atomic mass is 16.3. The zero-order valence-corrected chi connectivity index (χ0v) is 15.8. The topological polar surface area (TPSA) is 81.2 Å². The average molecular weight is 383 g/mol. The van der Waals surface area contributed by atoms with Crippen molar-refractivity contribution in [1.82, 2.24) is 9.80 Å². The number of carbonyl (C=O) groups excluding carboxylic acids is 3. The van der Waals surface area contributed by atoms with Crippen molar-refractivity contribution in [2.24, 2.45) is 11.8 Å². The second kappa shape index (κ2) is 7.66. The molecule has 7 heteroatoms. The fourth-order valence-corrected chi connectivity index (χ4v) is 4.33. The van der Waals surface area contributed by atoms with E-state index >= 15 is 0 Å². The van der Waals surface area contributed by atoms with Gasteiger partial charge >= 0.3 is 0 Å². The summed E-state index contributed by atoms with van der Waals surface area (Å²) in [5.41, 5.74) is 1.02. The number of hydrogen-bond acceptors (Lipinski definition) is 5. The van der Waals surface area contributed by atoms with Crippen LogP contribution in [0.25, 0.3) is 0 Å². The summed E-state index contributed by atoms with van der Waals surface area (Å²) in [4.78, 5) is 42.8. The van der Waals surface area contributed by atoms with E-state index in [4.69, 9.17) is 0 Å². The van der Waals surface area contributed by atoms with Gasteiger partial charge < -0.3 is 14.9 Å². The summed E-state index contributed by atoms with van der Waals surface area (Å²) in [6.07, 6.45) is 5.37. The van der Waals surface area contributed by atoms with E-state index in [2.05, 4.69) is 4.90 Å². The van der Waals surface area contributed by atoms with Gasteiger partial charge in [0.2, 0.25) is 17.7 Å². The molecule has 2 fully saturated rings. The molecular formula is C21H25N3O4. The Balaban J connectivity index is 1.28. The van der Waals surface area contributed by atoms with E-state index in [0.717, 1.165) is 5.69 Å². The molecule has 3 amide bonds. The first kappa shape index (κ1) is 18.5. The number of imide groups is 1. The maximum atomic E-state index is 12.6. The summed E-state index contributed by atoms with van der Waals surface area (Å²) in [5, 5.41) is 9.40. The van der Waals surface area contributed by atoms with E-state index in [9.17, 15) is 19.5 Å². The number of phenolic OH excluding ortho intramolecular Hbond substituents is 1. The number of phenols is 1. The van der Waals surface area contributed by atoms with Gasteiger partial charge in [0.25, 0.3) is 0 Å². The third-order valence-electron chi connectivity index (χ3n) is 6.00. The molecule has 0 spiro atoms. The Morgan fingerprint density at radius 1 is 0.929 bits per heavy atom. The lowest BCUT2D eigenvalue weighted by molar-refractivity contribution is -0.140. The van der Waals surface area contributed by atoms with Crippen molar-refractivity contribution in [2.75, 3.05) is 37.6 Å². The van der Waals surface area contributed by atoms with Crippen molar-refractivity contribution in [3.8, 4) is 5.75 Å². The molecule has 7 nitrogen and oxygen atoms in total. The number of aromatic hydroxyl groups is 1. The van der Waals surface area contributed by atoms with Crippen LogP contribution >= 0.6 is 0 Å². The smallest absolute Gasteiger partial charge is 0.233 e. The highest BCUT2D eigenvalue weighted by Crippen LogP contribution is 2.35. The number of nitrogens with zero attached hydrogens (tertiary/aromatic N) is 3. The second-order valence-corrected chi connectivity index (χ2v) is 7.62. The molecule has 3 aliphatic rings. The largest absolute Gasteiger partial charge is 0.508 e. The highest BCUT2D eigenvalue weighted by molar-refractivity contribution is 6.05. The van der Waals surface area contributed by atoms with E-state index in [0.29, 0.717) is 39.0 Å². The first-order valence-electron chi connectivity index (χ1n) is 9.86. The van der Waals surface area contributed by atoms with Crippen LogP contribution in [0.3, 0.4) is 0 Å². The number of piperazine rings is 1. The average Bonchev–Trinajstić information content (AvgIpc) is 2.97. The van der Waals surface area contributed by atoms with Gasteiger partial charge in [0, 0.05) is 44.8 Å². The molecule has 1 N–H and O–H groups in total. The predicted octanol–water partition coefficient (Wildman–Crippen LogP) is 1.38. The Morgan fingerprint density at radius 2 is 1.50 bits per heavy atom. The molecule has 2 atom stereocenters. The zero-order chi connectivity index (χ0) is 19.7. The summed E-state index contributed by atoms with van der Waals surface area (Å²) in [6.45, 7) is 2.83. The Labute approximate surface area is 164 Å². The van der Waals surface area contributed by atoms with Crippen LogP contribution in [-0.2, 0) is 14.4 Å². The van der Waals surface area contributed by atoms with Crippen LogP contribution in [0, 0.1) is 11.8 Å². The first-order chi connectivity index (χ1) is 13.5. The lowest BCUT2D eigenvalue weighted by Crippen LogP contribution is -2.49. The molecule has 2 aliphatic heterocycles. The number of allylic oxidation sites excluding steroid dienone is 2. The minimum Gasteiger partial charge on any atom is -0.508 e. The van der Waals surface area contributed by atoms with Gasteiger partial charge in [0.1, 0.15) is 5.75 Å². The minimum absolute atomic E-state index is 0.0149. The van der Waals surface area contributed by atoms with Crippen LogP contribution < -0.4 is 4.90 Å². The van der Waals surface area contributed by atoms with Crippen molar-refractivity contribution in [1.29, 1.82) is 0 Å². The van der Waals surface area contributed by atoms with Crippen molar-refractivity contribution in [3.63, 3.8) is 0 Å². The Bertz CT molecular complexity index is 770.